The molecule has 0 aliphatic rings. The molecule has 2 nitrogen and oxygen atoms in total. The smallest absolute Gasteiger partial charge is 0.187 e. The van der Waals surface area contributed by atoms with E-state index in [-0.39, 0.29) is 0 Å². The summed E-state index contributed by atoms with van der Waals surface area (Å²) in [6, 6.07) is 7.85. The molecule has 0 saturated carbocycles. The Morgan fingerprint density at radius 1 is 1.14 bits per heavy atom. The lowest BCUT2D eigenvalue weighted by atomic mass is 10.2. The fourth-order valence-corrected chi connectivity index (χ4v) is 1.47. The minimum absolute atomic E-state index is 0.780. The van der Waals surface area contributed by atoms with E-state index in [1.54, 1.807) is 12.4 Å². The molecule has 0 bridgehead atoms. The lowest BCUT2D eigenvalue weighted by molar-refractivity contribution is -0.688. The van der Waals surface area contributed by atoms with Crippen LogP contribution < -0.4 is 4.57 Å². The summed E-state index contributed by atoms with van der Waals surface area (Å²) >= 11 is 6.05. The number of hydrogen-bond donors (Lipinski definition) is 0. The van der Waals surface area contributed by atoms with Gasteiger partial charge < -0.3 is 0 Å². The molecule has 14 heavy (non-hydrogen) atoms. The first-order chi connectivity index (χ1) is 6.86. The molecule has 3 heteroatoms. The third-order valence-corrected chi connectivity index (χ3v) is 2.37. The van der Waals surface area contributed by atoms with Gasteiger partial charge in [-0.1, -0.05) is 29.8 Å². The predicted molar refractivity (Wildman–Crippen MR) is 55.0 cm³/mol. The van der Waals surface area contributed by atoms with Crippen LogP contribution in [0.3, 0.4) is 0 Å². The number of rotatable bonds is 2. The van der Waals surface area contributed by atoms with Gasteiger partial charge in [-0.05, 0) is 6.07 Å². The van der Waals surface area contributed by atoms with Crippen molar-refractivity contribution in [3.8, 4) is 0 Å². The fourth-order valence-electron chi connectivity index (χ4n) is 1.28. The normalized spacial score (nSPS) is 10.1. The molecule has 0 amide bonds. The van der Waals surface area contributed by atoms with Crippen molar-refractivity contribution < 1.29 is 4.57 Å². The van der Waals surface area contributed by atoms with E-state index >= 15 is 0 Å². The Labute approximate surface area is 87.8 Å². The average molecular weight is 206 g/mol. The Morgan fingerprint density at radius 3 is 2.57 bits per heavy atom. The molecule has 0 atom stereocenters. The number of benzene rings is 1. The van der Waals surface area contributed by atoms with Crippen molar-refractivity contribution in [1.29, 1.82) is 0 Å². The highest BCUT2D eigenvalue weighted by molar-refractivity contribution is 6.31. The summed E-state index contributed by atoms with van der Waals surface area (Å²) in [5, 5.41) is 0.803. The zero-order chi connectivity index (χ0) is 9.80. The highest BCUT2D eigenvalue weighted by Crippen LogP contribution is 2.13. The van der Waals surface area contributed by atoms with E-state index in [1.807, 2.05) is 41.2 Å². The SMILES string of the molecule is Clc1ccccc1C[n+]1ccncc1. The number of halogens is 1. The van der Waals surface area contributed by atoms with Crippen LogP contribution in [0, 0.1) is 0 Å². The second-order valence-corrected chi connectivity index (χ2v) is 3.42. The molecule has 0 unspecified atom stereocenters. The van der Waals surface area contributed by atoms with Crippen molar-refractivity contribution in [3.63, 3.8) is 0 Å². The first kappa shape index (κ1) is 9.16. The van der Waals surface area contributed by atoms with E-state index < -0.39 is 0 Å². The largest absolute Gasteiger partial charge is 0.252 e. The van der Waals surface area contributed by atoms with Gasteiger partial charge in [0.15, 0.2) is 18.9 Å². The molecule has 0 fully saturated rings. The molecule has 1 aromatic carbocycles. The zero-order valence-corrected chi connectivity index (χ0v) is 8.35. The lowest BCUT2D eigenvalue weighted by Gasteiger charge is -1.99. The summed E-state index contributed by atoms with van der Waals surface area (Å²) in [4.78, 5) is 3.96. The van der Waals surface area contributed by atoms with Crippen LogP contribution in [-0.2, 0) is 6.54 Å². The monoisotopic (exact) mass is 205 g/mol. The maximum absolute atomic E-state index is 6.05. The van der Waals surface area contributed by atoms with Gasteiger partial charge >= 0.3 is 0 Å². The van der Waals surface area contributed by atoms with Crippen LogP contribution in [0.5, 0.6) is 0 Å². The van der Waals surface area contributed by atoms with Crippen molar-refractivity contribution in [2.45, 2.75) is 6.54 Å². The molecule has 70 valence electrons. The summed E-state index contributed by atoms with van der Waals surface area (Å²) in [5.74, 6) is 0. The molecule has 2 rings (SSSR count). The van der Waals surface area contributed by atoms with Crippen LogP contribution in [0.4, 0.5) is 0 Å². The van der Waals surface area contributed by atoms with Gasteiger partial charge in [0, 0.05) is 5.56 Å². The Bertz CT molecular complexity index is 415. The highest BCUT2D eigenvalue weighted by Gasteiger charge is 2.04. The van der Waals surface area contributed by atoms with Crippen molar-refractivity contribution >= 4 is 11.6 Å². The molecule has 0 aliphatic heterocycles. The van der Waals surface area contributed by atoms with E-state index in [2.05, 4.69) is 4.98 Å². The third-order valence-electron chi connectivity index (χ3n) is 2.00. The molecule has 0 aliphatic carbocycles. The van der Waals surface area contributed by atoms with E-state index in [0.29, 0.717) is 0 Å². The Kier molecular flexibility index (Phi) is 2.75. The number of hydrogen-bond acceptors (Lipinski definition) is 1. The molecule has 2 aromatic rings. The summed E-state index contributed by atoms with van der Waals surface area (Å²) in [6.45, 7) is 0.780. The molecule has 1 heterocycles. The summed E-state index contributed by atoms with van der Waals surface area (Å²) in [5.41, 5.74) is 1.12. The van der Waals surface area contributed by atoms with Crippen molar-refractivity contribution in [1.82, 2.24) is 4.98 Å². The number of aromatic nitrogens is 2. The zero-order valence-electron chi connectivity index (χ0n) is 7.60. The second kappa shape index (κ2) is 4.20. The van der Waals surface area contributed by atoms with E-state index in [0.717, 1.165) is 17.1 Å². The van der Waals surface area contributed by atoms with Crippen LogP contribution in [0.25, 0.3) is 0 Å². The number of nitrogens with zero attached hydrogens (tertiary/aromatic N) is 2. The van der Waals surface area contributed by atoms with Crippen LogP contribution in [0.1, 0.15) is 5.56 Å². The van der Waals surface area contributed by atoms with Gasteiger partial charge in [-0.2, -0.15) is 4.57 Å². The lowest BCUT2D eigenvalue weighted by Crippen LogP contribution is -2.33. The van der Waals surface area contributed by atoms with Crippen LogP contribution in [0.15, 0.2) is 49.1 Å². The average Bonchev–Trinajstić information content (AvgIpc) is 2.23. The van der Waals surface area contributed by atoms with Crippen LogP contribution in [0.2, 0.25) is 5.02 Å². The second-order valence-electron chi connectivity index (χ2n) is 3.01. The summed E-state index contributed by atoms with van der Waals surface area (Å²) < 4.78 is 2.04. The molecule has 0 N–H and O–H groups in total. The van der Waals surface area contributed by atoms with Gasteiger partial charge in [0.05, 0.1) is 17.4 Å². The van der Waals surface area contributed by atoms with Crippen molar-refractivity contribution in [2.75, 3.05) is 0 Å². The fraction of sp³-hybridized carbons (Fsp3) is 0.0909. The third kappa shape index (κ3) is 2.09. The van der Waals surface area contributed by atoms with E-state index in [9.17, 15) is 0 Å². The van der Waals surface area contributed by atoms with Gasteiger partial charge in [-0.3, -0.25) is 4.98 Å². The molecular formula is C11H10ClN2+. The highest BCUT2D eigenvalue weighted by atomic mass is 35.5. The van der Waals surface area contributed by atoms with Crippen LogP contribution in [-0.4, -0.2) is 4.98 Å². The van der Waals surface area contributed by atoms with Gasteiger partial charge in [0.1, 0.15) is 0 Å². The first-order valence-electron chi connectivity index (χ1n) is 4.39. The Hall–Kier alpha value is -1.41. The first-order valence-corrected chi connectivity index (χ1v) is 4.76. The quantitative estimate of drug-likeness (QED) is 0.686. The van der Waals surface area contributed by atoms with Gasteiger partial charge in [-0.25, -0.2) is 0 Å². The standard InChI is InChI=1S/C11H10ClN2/c12-11-4-2-1-3-10(11)9-14-7-5-13-6-8-14/h1-8H,9H2/q+1. The van der Waals surface area contributed by atoms with E-state index in [4.69, 9.17) is 11.6 Å². The molecule has 0 radical (unpaired) electrons. The van der Waals surface area contributed by atoms with Gasteiger partial charge in [0.2, 0.25) is 0 Å². The minimum atomic E-state index is 0.780. The maximum atomic E-state index is 6.05. The van der Waals surface area contributed by atoms with Gasteiger partial charge in [-0.15, -0.1) is 0 Å². The molecule has 0 saturated heterocycles. The Morgan fingerprint density at radius 2 is 1.86 bits per heavy atom. The molecule has 0 spiro atoms. The molecular weight excluding hydrogens is 196 g/mol. The van der Waals surface area contributed by atoms with Gasteiger partial charge in [0.25, 0.3) is 0 Å². The predicted octanol–water partition coefficient (Wildman–Crippen LogP) is 2.07. The molecule has 1 aromatic heterocycles. The topological polar surface area (TPSA) is 16.8 Å². The minimum Gasteiger partial charge on any atom is -0.252 e. The summed E-state index contributed by atoms with van der Waals surface area (Å²) in [6.07, 6.45) is 7.36. The van der Waals surface area contributed by atoms with Crippen LogP contribution >= 0.6 is 11.6 Å². The van der Waals surface area contributed by atoms with E-state index in [1.165, 1.54) is 0 Å². The maximum Gasteiger partial charge on any atom is 0.187 e. The summed E-state index contributed by atoms with van der Waals surface area (Å²) in [7, 11) is 0. The van der Waals surface area contributed by atoms with Crippen molar-refractivity contribution in [2.24, 2.45) is 0 Å². The Balaban J connectivity index is 2.24. The van der Waals surface area contributed by atoms with Crippen molar-refractivity contribution in [3.05, 3.63) is 59.6 Å².